The maximum absolute atomic E-state index is 11.3. The highest BCUT2D eigenvalue weighted by molar-refractivity contribution is 5.84. The molecule has 0 saturated heterocycles. The summed E-state index contributed by atoms with van der Waals surface area (Å²) in [6.07, 6.45) is 1.28. The van der Waals surface area contributed by atoms with Crippen molar-refractivity contribution in [1.29, 1.82) is 0 Å². The Kier molecular flexibility index (Phi) is 5.25. The molecule has 17 heavy (non-hydrogen) atoms. The Hall–Kier alpha value is -1.79. The molecule has 0 saturated carbocycles. The second-order valence-corrected chi connectivity index (χ2v) is 3.45. The number of nitrogens with one attached hydrogen (secondary N) is 1. The molecule has 0 heterocycles. The zero-order valence-electron chi connectivity index (χ0n) is 9.59. The molecule has 0 aromatic heterocycles. The predicted octanol–water partition coefficient (Wildman–Crippen LogP) is 2.62. The average Bonchev–Trinajstić information content (AvgIpc) is 2.30. The van der Waals surface area contributed by atoms with E-state index < -0.39 is 6.09 Å². The Morgan fingerprint density at radius 3 is 2.53 bits per heavy atom. The zero-order chi connectivity index (χ0) is 12.7. The van der Waals surface area contributed by atoms with Crippen molar-refractivity contribution in [3.8, 4) is 0 Å². The third-order valence-electron chi connectivity index (χ3n) is 2.08. The van der Waals surface area contributed by atoms with Gasteiger partial charge in [-0.15, -0.1) is 5.23 Å². The summed E-state index contributed by atoms with van der Waals surface area (Å²) in [5.41, 5.74) is 0.729. The third kappa shape index (κ3) is 4.71. The maximum atomic E-state index is 11.3. The van der Waals surface area contributed by atoms with Gasteiger partial charge in [-0.1, -0.05) is 13.3 Å². The normalized spacial score (nSPS) is 9.82. The summed E-state index contributed by atoms with van der Waals surface area (Å²) < 4.78 is 4.90. The van der Waals surface area contributed by atoms with Gasteiger partial charge in [0.25, 0.3) is 0 Å². The van der Waals surface area contributed by atoms with Gasteiger partial charge in [-0.3, -0.25) is 15.7 Å². The van der Waals surface area contributed by atoms with E-state index >= 15 is 0 Å². The molecular formula is C11H16N2O4. The van der Waals surface area contributed by atoms with Gasteiger partial charge in [0, 0.05) is 5.69 Å². The fourth-order valence-electron chi connectivity index (χ4n) is 1.14. The minimum atomic E-state index is -0.518. The van der Waals surface area contributed by atoms with Gasteiger partial charge >= 0.3 is 6.09 Å². The molecule has 0 aliphatic rings. The molecule has 0 unspecified atom stereocenters. The van der Waals surface area contributed by atoms with Crippen LogP contribution in [0.4, 0.5) is 16.2 Å². The van der Waals surface area contributed by atoms with Crippen LogP contribution in [-0.4, -0.2) is 23.1 Å². The lowest BCUT2D eigenvalue weighted by molar-refractivity contribution is 0.0292. The largest absolute Gasteiger partial charge is 0.449 e. The SMILES string of the molecule is CCCCOC(=O)Nc1ccc(N(O)O)cc1. The van der Waals surface area contributed by atoms with Crippen LogP contribution in [0.2, 0.25) is 0 Å². The molecule has 0 aliphatic carbocycles. The second kappa shape index (κ2) is 6.72. The highest BCUT2D eigenvalue weighted by Gasteiger charge is 2.03. The number of hydrogen-bond donors (Lipinski definition) is 3. The molecule has 0 spiro atoms. The zero-order valence-corrected chi connectivity index (χ0v) is 9.59. The van der Waals surface area contributed by atoms with Crippen molar-refractivity contribution in [1.82, 2.24) is 0 Å². The number of anilines is 2. The van der Waals surface area contributed by atoms with E-state index in [0.29, 0.717) is 12.3 Å². The number of unbranched alkanes of at least 4 members (excludes halogenated alkanes) is 1. The van der Waals surface area contributed by atoms with Crippen molar-refractivity contribution in [2.24, 2.45) is 0 Å². The van der Waals surface area contributed by atoms with E-state index in [1.807, 2.05) is 6.92 Å². The van der Waals surface area contributed by atoms with Crippen molar-refractivity contribution >= 4 is 17.5 Å². The van der Waals surface area contributed by atoms with Crippen molar-refractivity contribution in [3.05, 3.63) is 24.3 Å². The van der Waals surface area contributed by atoms with Gasteiger partial charge < -0.3 is 4.74 Å². The van der Waals surface area contributed by atoms with Crippen LogP contribution in [-0.2, 0) is 4.74 Å². The van der Waals surface area contributed by atoms with Gasteiger partial charge in [-0.05, 0) is 30.7 Å². The molecule has 0 aliphatic heterocycles. The Morgan fingerprint density at radius 1 is 1.35 bits per heavy atom. The van der Waals surface area contributed by atoms with E-state index in [2.05, 4.69) is 5.32 Å². The standard InChI is InChI=1S/C11H16N2O4/c1-2-3-8-17-11(14)12-9-4-6-10(7-5-9)13(15)16/h4-7,15-16H,2-3,8H2,1H3,(H,12,14). The molecule has 0 bridgehead atoms. The van der Waals surface area contributed by atoms with Gasteiger partial charge in [0.15, 0.2) is 0 Å². The number of hydrogen-bond acceptors (Lipinski definition) is 5. The quantitative estimate of drug-likeness (QED) is 0.544. The number of benzene rings is 1. The van der Waals surface area contributed by atoms with Crippen LogP contribution in [0.5, 0.6) is 0 Å². The van der Waals surface area contributed by atoms with E-state index in [1.54, 1.807) is 0 Å². The summed E-state index contributed by atoms with van der Waals surface area (Å²) >= 11 is 0. The summed E-state index contributed by atoms with van der Waals surface area (Å²) in [4.78, 5) is 11.3. The molecule has 1 aromatic carbocycles. The lowest BCUT2D eigenvalue weighted by Crippen LogP contribution is -2.15. The summed E-state index contributed by atoms with van der Waals surface area (Å²) in [6.45, 7) is 2.40. The second-order valence-electron chi connectivity index (χ2n) is 3.45. The Balaban J connectivity index is 2.43. The van der Waals surface area contributed by atoms with E-state index in [-0.39, 0.29) is 10.9 Å². The summed E-state index contributed by atoms with van der Waals surface area (Å²) in [5.74, 6) is 0. The van der Waals surface area contributed by atoms with Crippen molar-refractivity contribution in [2.45, 2.75) is 19.8 Å². The molecular weight excluding hydrogens is 224 g/mol. The molecule has 3 N–H and O–H groups in total. The first-order chi connectivity index (χ1) is 8.13. The monoisotopic (exact) mass is 240 g/mol. The van der Waals surface area contributed by atoms with Crippen LogP contribution in [0.15, 0.2) is 24.3 Å². The lowest BCUT2D eigenvalue weighted by atomic mass is 10.3. The van der Waals surface area contributed by atoms with Crippen molar-refractivity contribution < 1.29 is 19.9 Å². The minimum Gasteiger partial charge on any atom is -0.449 e. The Labute approximate surface area is 99.3 Å². The van der Waals surface area contributed by atoms with Crippen LogP contribution < -0.4 is 10.5 Å². The van der Waals surface area contributed by atoms with Gasteiger partial charge in [0.05, 0.1) is 12.3 Å². The van der Waals surface area contributed by atoms with E-state index in [0.717, 1.165) is 12.8 Å². The van der Waals surface area contributed by atoms with Gasteiger partial charge in [-0.25, -0.2) is 4.79 Å². The number of rotatable bonds is 5. The number of carbonyl (C=O) groups excluding carboxylic acids is 1. The fraction of sp³-hybridized carbons (Fsp3) is 0.364. The van der Waals surface area contributed by atoms with Crippen LogP contribution >= 0.6 is 0 Å². The molecule has 0 fully saturated rings. The minimum absolute atomic E-state index is 0.00332. The van der Waals surface area contributed by atoms with Gasteiger partial charge in [0.2, 0.25) is 0 Å². The predicted molar refractivity (Wildman–Crippen MR) is 62.4 cm³/mol. The molecule has 94 valence electrons. The maximum Gasteiger partial charge on any atom is 0.411 e. The number of nitrogens with zero attached hydrogens (tertiary/aromatic N) is 1. The van der Waals surface area contributed by atoms with Crippen LogP contribution in [0.25, 0.3) is 0 Å². The highest BCUT2D eigenvalue weighted by atomic mass is 16.8. The first kappa shape index (κ1) is 13.3. The third-order valence-corrected chi connectivity index (χ3v) is 2.08. The van der Waals surface area contributed by atoms with E-state index in [4.69, 9.17) is 15.2 Å². The van der Waals surface area contributed by atoms with Crippen LogP contribution in [0.3, 0.4) is 0 Å². The summed E-state index contributed by atoms with van der Waals surface area (Å²) in [6, 6.07) is 5.97. The topological polar surface area (TPSA) is 82.0 Å². The number of ether oxygens (including phenoxy) is 1. The first-order valence-electron chi connectivity index (χ1n) is 5.35. The summed E-state index contributed by atoms with van der Waals surface area (Å²) in [7, 11) is 0. The van der Waals surface area contributed by atoms with Crippen molar-refractivity contribution in [2.75, 3.05) is 17.2 Å². The molecule has 6 nitrogen and oxygen atoms in total. The molecule has 6 heteroatoms. The fourth-order valence-corrected chi connectivity index (χ4v) is 1.14. The smallest absolute Gasteiger partial charge is 0.411 e. The Bertz CT molecular complexity index is 351. The summed E-state index contributed by atoms with van der Waals surface area (Å²) in [5, 5.41) is 20.0. The highest BCUT2D eigenvalue weighted by Crippen LogP contribution is 2.15. The van der Waals surface area contributed by atoms with E-state index in [9.17, 15) is 4.79 Å². The first-order valence-corrected chi connectivity index (χ1v) is 5.35. The average molecular weight is 240 g/mol. The van der Waals surface area contributed by atoms with Gasteiger partial charge in [0.1, 0.15) is 0 Å². The van der Waals surface area contributed by atoms with Crippen LogP contribution in [0.1, 0.15) is 19.8 Å². The molecule has 0 atom stereocenters. The van der Waals surface area contributed by atoms with E-state index in [1.165, 1.54) is 24.3 Å². The molecule has 0 radical (unpaired) electrons. The van der Waals surface area contributed by atoms with Crippen LogP contribution in [0, 0.1) is 0 Å². The number of amides is 1. The Morgan fingerprint density at radius 2 is 2.00 bits per heavy atom. The number of carbonyl (C=O) groups is 1. The van der Waals surface area contributed by atoms with Crippen molar-refractivity contribution in [3.63, 3.8) is 0 Å². The molecule has 1 aromatic rings. The lowest BCUT2D eigenvalue weighted by Gasteiger charge is -2.09. The molecule has 1 amide bonds. The molecule has 1 rings (SSSR count). The van der Waals surface area contributed by atoms with Gasteiger partial charge in [-0.2, -0.15) is 0 Å².